The zero-order chi connectivity index (χ0) is 12.5. The number of unbranched alkanes of at least 4 members (excludes halogenated alkanes) is 4. The minimum atomic E-state index is 0.0504. The molecule has 1 saturated heterocycles. The average Bonchev–Trinajstić information content (AvgIpc) is 2.32. The SMILES string of the molecule is CCCCCCCC(C)NC1CCCNC1=O. The van der Waals surface area contributed by atoms with Crippen molar-refractivity contribution < 1.29 is 4.79 Å². The molecule has 0 aromatic carbocycles. The second kappa shape index (κ2) is 8.51. The molecule has 3 nitrogen and oxygen atoms in total. The fourth-order valence-electron chi connectivity index (χ4n) is 2.41. The van der Waals surface area contributed by atoms with Gasteiger partial charge in [0.25, 0.3) is 0 Å². The molecule has 0 radical (unpaired) electrons. The quantitative estimate of drug-likeness (QED) is 0.640. The van der Waals surface area contributed by atoms with Crippen molar-refractivity contribution in [3.05, 3.63) is 0 Å². The predicted octanol–water partition coefficient (Wildman–Crippen LogP) is 2.60. The van der Waals surface area contributed by atoms with Crippen LogP contribution in [0.2, 0.25) is 0 Å². The van der Waals surface area contributed by atoms with Crippen molar-refractivity contribution in [2.75, 3.05) is 6.54 Å². The molecule has 0 aliphatic carbocycles. The number of rotatable bonds is 8. The van der Waals surface area contributed by atoms with Crippen molar-refractivity contribution in [3.63, 3.8) is 0 Å². The Morgan fingerprint density at radius 1 is 1.35 bits per heavy atom. The summed E-state index contributed by atoms with van der Waals surface area (Å²) in [6.45, 7) is 5.29. The van der Waals surface area contributed by atoms with Gasteiger partial charge >= 0.3 is 0 Å². The molecule has 1 rings (SSSR count). The topological polar surface area (TPSA) is 41.1 Å². The van der Waals surface area contributed by atoms with Gasteiger partial charge in [-0.1, -0.05) is 39.0 Å². The van der Waals surface area contributed by atoms with Crippen LogP contribution < -0.4 is 10.6 Å². The highest BCUT2D eigenvalue weighted by atomic mass is 16.2. The summed E-state index contributed by atoms with van der Waals surface area (Å²) >= 11 is 0. The summed E-state index contributed by atoms with van der Waals surface area (Å²) < 4.78 is 0. The van der Waals surface area contributed by atoms with E-state index in [4.69, 9.17) is 0 Å². The van der Waals surface area contributed by atoms with E-state index in [1.165, 1.54) is 38.5 Å². The molecule has 2 N–H and O–H groups in total. The van der Waals surface area contributed by atoms with Gasteiger partial charge in [0.05, 0.1) is 6.04 Å². The normalized spacial score (nSPS) is 22.2. The molecule has 1 aliphatic rings. The highest BCUT2D eigenvalue weighted by Crippen LogP contribution is 2.09. The van der Waals surface area contributed by atoms with Gasteiger partial charge in [0, 0.05) is 12.6 Å². The van der Waals surface area contributed by atoms with Gasteiger partial charge in [-0.3, -0.25) is 4.79 Å². The monoisotopic (exact) mass is 240 g/mol. The van der Waals surface area contributed by atoms with E-state index in [9.17, 15) is 4.79 Å². The van der Waals surface area contributed by atoms with Crippen LogP contribution in [0.25, 0.3) is 0 Å². The summed E-state index contributed by atoms with van der Waals surface area (Å²) in [5, 5.41) is 6.37. The van der Waals surface area contributed by atoms with Crippen LogP contribution in [-0.4, -0.2) is 24.5 Å². The molecule has 17 heavy (non-hydrogen) atoms. The molecular weight excluding hydrogens is 212 g/mol. The number of piperidine rings is 1. The van der Waals surface area contributed by atoms with E-state index in [1.54, 1.807) is 0 Å². The number of hydrogen-bond acceptors (Lipinski definition) is 2. The van der Waals surface area contributed by atoms with E-state index < -0.39 is 0 Å². The number of carbonyl (C=O) groups excluding carboxylic acids is 1. The van der Waals surface area contributed by atoms with Crippen LogP contribution in [-0.2, 0) is 4.79 Å². The molecule has 1 heterocycles. The summed E-state index contributed by atoms with van der Waals surface area (Å²) in [4.78, 5) is 11.6. The van der Waals surface area contributed by atoms with Crippen molar-refractivity contribution in [1.29, 1.82) is 0 Å². The highest BCUT2D eigenvalue weighted by Gasteiger charge is 2.22. The first kappa shape index (κ1) is 14.5. The molecule has 0 aromatic rings. The van der Waals surface area contributed by atoms with Crippen LogP contribution in [0, 0.1) is 0 Å². The lowest BCUT2D eigenvalue weighted by Crippen LogP contribution is -2.50. The van der Waals surface area contributed by atoms with Crippen LogP contribution >= 0.6 is 0 Å². The van der Waals surface area contributed by atoms with Gasteiger partial charge in [0.2, 0.25) is 5.91 Å². The maximum absolute atomic E-state index is 11.6. The Bertz CT molecular complexity index is 218. The highest BCUT2D eigenvalue weighted by molar-refractivity contribution is 5.82. The fourth-order valence-corrected chi connectivity index (χ4v) is 2.41. The number of amides is 1. The largest absolute Gasteiger partial charge is 0.355 e. The fraction of sp³-hybridized carbons (Fsp3) is 0.929. The Morgan fingerprint density at radius 2 is 2.12 bits per heavy atom. The molecule has 100 valence electrons. The third-order valence-electron chi connectivity index (χ3n) is 3.51. The first-order valence-electron chi connectivity index (χ1n) is 7.27. The minimum absolute atomic E-state index is 0.0504. The van der Waals surface area contributed by atoms with Gasteiger partial charge in [-0.25, -0.2) is 0 Å². The zero-order valence-electron chi connectivity index (χ0n) is 11.4. The standard InChI is InChI=1S/C14H28N2O/c1-3-4-5-6-7-9-12(2)16-13-10-8-11-15-14(13)17/h12-13,16H,3-11H2,1-2H3,(H,15,17). The molecule has 1 amide bonds. The lowest BCUT2D eigenvalue weighted by atomic mass is 10.0. The Labute approximate surface area is 106 Å². The molecule has 1 fully saturated rings. The number of nitrogens with one attached hydrogen (secondary N) is 2. The third kappa shape index (κ3) is 6.06. The van der Waals surface area contributed by atoms with Crippen LogP contribution in [0.15, 0.2) is 0 Å². The molecule has 0 aromatic heterocycles. The predicted molar refractivity (Wildman–Crippen MR) is 72.0 cm³/mol. The van der Waals surface area contributed by atoms with E-state index in [-0.39, 0.29) is 11.9 Å². The number of carbonyl (C=O) groups is 1. The summed E-state index contributed by atoms with van der Waals surface area (Å²) in [6.07, 6.45) is 9.90. The summed E-state index contributed by atoms with van der Waals surface area (Å²) in [5.41, 5.74) is 0. The molecule has 0 spiro atoms. The van der Waals surface area contributed by atoms with Crippen molar-refractivity contribution in [3.8, 4) is 0 Å². The van der Waals surface area contributed by atoms with Gasteiger partial charge in [-0.2, -0.15) is 0 Å². The molecule has 2 atom stereocenters. The molecule has 2 unspecified atom stereocenters. The second-order valence-electron chi connectivity index (χ2n) is 5.26. The molecular formula is C14H28N2O. The van der Waals surface area contributed by atoms with Crippen LogP contribution in [0.5, 0.6) is 0 Å². The maximum Gasteiger partial charge on any atom is 0.237 e. The Morgan fingerprint density at radius 3 is 2.82 bits per heavy atom. The van der Waals surface area contributed by atoms with Gasteiger partial charge in [-0.05, 0) is 26.2 Å². The van der Waals surface area contributed by atoms with Crippen LogP contribution in [0.4, 0.5) is 0 Å². The van der Waals surface area contributed by atoms with Gasteiger partial charge < -0.3 is 10.6 Å². The van der Waals surface area contributed by atoms with Gasteiger partial charge in [0.1, 0.15) is 0 Å². The minimum Gasteiger partial charge on any atom is -0.355 e. The van der Waals surface area contributed by atoms with Crippen LogP contribution in [0.3, 0.4) is 0 Å². The Hall–Kier alpha value is -0.570. The lowest BCUT2D eigenvalue weighted by molar-refractivity contribution is -0.124. The lowest BCUT2D eigenvalue weighted by Gasteiger charge is -2.26. The molecule has 1 aliphatic heterocycles. The Kier molecular flexibility index (Phi) is 7.25. The Balaban J connectivity index is 2.07. The summed E-state index contributed by atoms with van der Waals surface area (Å²) in [6, 6.07) is 0.514. The summed E-state index contributed by atoms with van der Waals surface area (Å²) in [7, 11) is 0. The maximum atomic E-state index is 11.6. The molecule has 3 heteroatoms. The van der Waals surface area contributed by atoms with Crippen molar-refractivity contribution in [1.82, 2.24) is 10.6 Å². The van der Waals surface area contributed by atoms with E-state index in [2.05, 4.69) is 24.5 Å². The number of hydrogen-bond donors (Lipinski definition) is 2. The van der Waals surface area contributed by atoms with Crippen molar-refractivity contribution in [2.45, 2.75) is 77.3 Å². The third-order valence-corrected chi connectivity index (χ3v) is 3.51. The van der Waals surface area contributed by atoms with Gasteiger partial charge in [-0.15, -0.1) is 0 Å². The van der Waals surface area contributed by atoms with E-state index in [0.717, 1.165) is 19.4 Å². The molecule has 0 saturated carbocycles. The summed E-state index contributed by atoms with van der Waals surface area (Å²) in [5.74, 6) is 0.189. The van der Waals surface area contributed by atoms with E-state index in [1.807, 2.05) is 0 Å². The second-order valence-corrected chi connectivity index (χ2v) is 5.26. The van der Waals surface area contributed by atoms with E-state index in [0.29, 0.717) is 6.04 Å². The van der Waals surface area contributed by atoms with Crippen molar-refractivity contribution in [2.24, 2.45) is 0 Å². The zero-order valence-corrected chi connectivity index (χ0v) is 11.4. The average molecular weight is 240 g/mol. The smallest absolute Gasteiger partial charge is 0.237 e. The van der Waals surface area contributed by atoms with E-state index >= 15 is 0 Å². The van der Waals surface area contributed by atoms with Crippen LogP contribution in [0.1, 0.15) is 65.2 Å². The van der Waals surface area contributed by atoms with Gasteiger partial charge in [0.15, 0.2) is 0 Å². The first-order valence-corrected chi connectivity index (χ1v) is 7.27. The molecule has 0 bridgehead atoms. The first-order chi connectivity index (χ1) is 8.24. The van der Waals surface area contributed by atoms with Crippen molar-refractivity contribution >= 4 is 5.91 Å².